The van der Waals surface area contributed by atoms with Crippen LogP contribution in [0.4, 0.5) is 0 Å². The van der Waals surface area contributed by atoms with Crippen molar-refractivity contribution < 1.29 is 4.79 Å². The molecule has 1 aromatic heterocycles. The van der Waals surface area contributed by atoms with Gasteiger partial charge in [-0.3, -0.25) is 9.78 Å². The minimum atomic E-state index is 0.0654. The van der Waals surface area contributed by atoms with Crippen LogP contribution in [-0.2, 0) is 0 Å². The fourth-order valence-electron chi connectivity index (χ4n) is 0.944. The molecule has 0 radical (unpaired) electrons. The largest absolute Gasteiger partial charge is 0.294 e. The molecule has 0 saturated carbocycles. The van der Waals surface area contributed by atoms with Crippen molar-refractivity contribution in [3.8, 4) is 0 Å². The van der Waals surface area contributed by atoms with E-state index < -0.39 is 0 Å². The van der Waals surface area contributed by atoms with Crippen LogP contribution in [0.25, 0.3) is 0 Å². The molecular weight excluding hydrogens is 174 g/mol. The van der Waals surface area contributed by atoms with Crippen molar-refractivity contribution in [3.63, 3.8) is 0 Å². The number of ketones is 1. The number of halogens is 1. The lowest BCUT2D eigenvalue weighted by atomic mass is 10.1. The maximum absolute atomic E-state index is 11.3. The summed E-state index contributed by atoms with van der Waals surface area (Å²) in [5.41, 5.74) is 0.529. The van der Waals surface area contributed by atoms with Gasteiger partial charge >= 0.3 is 0 Å². The molecule has 0 fully saturated rings. The van der Waals surface area contributed by atoms with E-state index in [1.807, 2.05) is 6.92 Å². The Morgan fingerprint density at radius 2 is 2.42 bits per heavy atom. The standard InChI is InChI=1S/C9H10ClNO/c1-2-3-9(12)7-6-11-5-4-8(7)10/h4-6H,2-3H2,1H3. The maximum Gasteiger partial charge on any atom is 0.165 e. The molecule has 2 nitrogen and oxygen atoms in total. The first-order chi connectivity index (χ1) is 5.75. The third kappa shape index (κ3) is 2.05. The molecule has 0 aliphatic heterocycles. The summed E-state index contributed by atoms with van der Waals surface area (Å²) in [4.78, 5) is 15.2. The first kappa shape index (κ1) is 9.20. The first-order valence-electron chi connectivity index (χ1n) is 3.88. The van der Waals surface area contributed by atoms with Gasteiger partial charge in [0.15, 0.2) is 5.78 Å². The Morgan fingerprint density at radius 3 is 3.00 bits per heavy atom. The van der Waals surface area contributed by atoms with Gasteiger partial charge in [0.2, 0.25) is 0 Å². The Morgan fingerprint density at radius 1 is 1.67 bits per heavy atom. The third-order valence-electron chi connectivity index (χ3n) is 1.55. The van der Waals surface area contributed by atoms with Gasteiger partial charge in [-0.1, -0.05) is 18.5 Å². The zero-order valence-electron chi connectivity index (χ0n) is 6.88. The number of carbonyl (C=O) groups excluding carboxylic acids is 1. The summed E-state index contributed by atoms with van der Waals surface area (Å²) in [6.07, 6.45) is 4.46. The highest BCUT2D eigenvalue weighted by molar-refractivity contribution is 6.33. The predicted octanol–water partition coefficient (Wildman–Crippen LogP) is 2.72. The summed E-state index contributed by atoms with van der Waals surface area (Å²) in [6, 6.07) is 1.63. The summed E-state index contributed by atoms with van der Waals surface area (Å²) >= 11 is 5.79. The van der Waals surface area contributed by atoms with Crippen molar-refractivity contribution in [2.75, 3.05) is 0 Å². The second-order valence-corrected chi connectivity index (χ2v) is 2.94. The molecule has 0 unspecified atom stereocenters. The highest BCUT2D eigenvalue weighted by Gasteiger charge is 2.07. The van der Waals surface area contributed by atoms with Crippen molar-refractivity contribution in [1.29, 1.82) is 0 Å². The Balaban J connectivity index is 2.87. The average Bonchev–Trinajstić information content (AvgIpc) is 2.05. The van der Waals surface area contributed by atoms with Crippen LogP contribution in [0, 0.1) is 0 Å². The van der Waals surface area contributed by atoms with E-state index in [2.05, 4.69) is 4.98 Å². The smallest absolute Gasteiger partial charge is 0.165 e. The minimum absolute atomic E-state index is 0.0654. The summed E-state index contributed by atoms with van der Waals surface area (Å²) in [5.74, 6) is 0.0654. The molecule has 0 spiro atoms. The molecule has 0 bridgehead atoms. The molecule has 1 rings (SSSR count). The van der Waals surface area contributed by atoms with E-state index in [9.17, 15) is 4.79 Å². The highest BCUT2D eigenvalue weighted by Crippen LogP contribution is 2.15. The quantitative estimate of drug-likeness (QED) is 0.675. The molecule has 12 heavy (non-hydrogen) atoms. The van der Waals surface area contributed by atoms with E-state index in [0.717, 1.165) is 6.42 Å². The van der Waals surface area contributed by atoms with Crippen LogP contribution in [0.15, 0.2) is 18.5 Å². The van der Waals surface area contributed by atoms with Crippen molar-refractivity contribution in [2.24, 2.45) is 0 Å². The molecular formula is C9H10ClNO. The van der Waals surface area contributed by atoms with E-state index >= 15 is 0 Å². The lowest BCUT2D eigenvalue weighted by Crippen LogP contribution is -1.99. The van der Waals surface area contributed by atoms with Gasteiger partial charge in [-0.2, -0.15) is 0 Å². The number of hydrogen-bond acceptors (Lipinski definition) is 2. The molecule has 0 N–H and O–H groups in total. The Hall–Kier alpha value is -0.890. The van der Waals surface area contributed by atoms with E-state index in [1.54, 1.807) is 12.3 Å². The second kappa shape index (κ2) is 4.21. The number of Topliss-reactive ketones (excluding diaryl/α,β-unsaturated/α-hetero) is 1. The van der Waals surface area contributed by atoms with Crippen LogP contribution in [-0.4, -0.2) is 10.8 Å². The van der Waals surface area contributed by atoms with Gasteiger partial charge in [0.25, 0.3) is 0 Å². The lowest BCUT2D eigenvalue weighted by Gasteiger charge is -1.99. The molecule has 64 valence electrons. The summed E-state index contributed by atoms with van der Waals surface area (Å²) < 4.78 is 0. The fraction of sp³-hybridized carbons (Fsp3) is 0.333. The molecule has 0 amide bonds. The van der Waals surface area contributed by atoms with Crippen molar-refractivity contribution in [3.05, 3.63) is 29.0 Å². The lowest BCUT2D eigenvalue weighted by molar-refractivity contribution is 0.0981. The van der Waals surface area contributed by atoms with Gasteiger partial charge in [0.1, 0.15) is 0 Å². The van der Waals surface area contributed by atoms with Gasteiger partial charge in [-0.05, 0) is 12.5 Å². The molecule has 0 saturated heterocycles. The molecule has 0 aliphatic carbocycles. The molecule has 1 aromatic rings. The van der Waals surface area contributed by atoms with Crippen LogP contribution in [0.2, 0.25) is 5.02 Å². The van der Waals surface area contributed by atoms with Crippen molar-refractivity contribution in [1.82, 2.24) is 4.98 Å². The van der Waals surface area contributed by atoms with E-state index in [1.165, 1.54) is 6.20 Å². The summed E-state index contributed by atoms with van der Waals surface area (Å²) in [6.45, 7) is 1.96. The zero-order valence-corrected chi connectivity index (χ0v) is 7.64. The predicted molar refractivity (Wildman–Crippen MR) is 48.5 cm³/mol. The Kier molecular flexibility index (Phi) is 3.23. The fourth-order valence-corrected chi connectivity index (χ4v) is 1.15. The van der Waals surface area contributed by atoms with Crippen molar-refractivity contribution >= 4 is 17.4 Å². The monoisotopic (exact) mass is 183 g/mol. The second-order valence-electron chi connectivity index (χ2n) is 2.53. The van der Waals surface area contributed by atoms with Crippen LogP contribution >= 0.6 is 11.6 Å². The SMILES string of the molecule is CCCC(=O)c1cnccc1Cl. The van der Waals surface area contributed by atoms with Gasteiger partial charge in [0.05, 0.1) is 10.6 Å². The topological polar surface area (TPSA) is 30.0 Å². The molecule has 1 heterocycles. The average molecular weight is 184 g/mol. The number of aromatic nitrogens is 1. The Bertz CT molecular complexity index is 286. The van der Waals surface area contributed by atoms with Gasteiger partial charge in [-0.15, -0.1) is 0 Å². The molecule has 0 atom stereocenters. The van der Waals surface area contributed by atoms with Gasteiger partial charge in [0, 0.05) is 18.8 Å². The van der Waals surface area contributed by atoms with E-state index in [-0.39, 0.29) is 5.78 Å². The summed E-state index contributed by atoms with van der Waals surface area (Å²) in [5, 5.41) is 0.489. The number of carbonyl (C=O) groups is 1. The third-order valence-corrected chi connectivity index (χ3v) is 1.87. The van der Waals surface area contributed by atoms with E-state index in [4.69, 9.17) is 11.6 Å². The van der Waals surface area contributed by atoms with Crippen LogP contribution < -0.4 is 0 Å². The highest BCUT2D eigenvalue weighted by atomic mass is 35.5. The first-order valence-corrected chi connectivity index (χ1v) is 4.26. The Labute approximate surface area is 76.6 Å². The number of hydrogen-bond donors (Lipinski definition) is 0. The minimum Gasteiger partial charge on any atom is -0.294 e. The maximum atomic E-state index is 11.3. The molecule has 3 heteroatoms. The van der Waals surface area contributed by atoms with Crippen LogP contribution in [0.5, 0.6) is 0 Å². The number of pyridine rings is 1. The van der Waals surface area contributed by atoms with Crippen LogP contribution in [0.1, 0.15) is 30.1 Å². The number of rotatable bonds is 3. The van der Waals surface area contributed by atoms with E-state index in [0.29, 0.717) is 17.0 Å². The zero-order chi connectivity index (χ0) is 8.97. The molecule has 0 aliphatic rings. The summed E-state index contributed by atoms with van der Waals surface area (Å²) in [7, 11) is 0. The normalized spacial score (nSPS) is 9.83. The van der Waals surface area contributed by atoms with Gasteiger partial charge < -0.3 is 0 Å². The number of nitrogens with zero attached hydrogens (tertiary/aromatic N) is 1. The van der Waals surface area contributed by atoms with Gasteiger partial charge in [-0.25, -0.2) is 0 Å². The van der Waals surface area contributed by atoms with Crippen molar-refractivity contribution in [2.45, 2.75) is 19.8 Å². The van der Waals surface area contributed by atoms with Crippen LogP contribution in [0.3, 0.4) is 0 Å². The molecule has 0 aromatic carbocycles.